The van der Waals surface area contributed by atoms with Crippen LogP contribution in [0.5, 0.6) is 0 Å². The first-order chi connectivity index (χ1) is 6.68. The van der Waals surface area contributed by atoms with Gasteiger partial charge in [0.05, 0.1) is 12.1 Å². The number of hydrogen-bond acceptors (Lipinski definition) is 3. The Kier molecular flexibility index (Phi) is 2.25. The molecular formula is C9H13N3O2. The van der Waals surface area contributed by atoms with Crippen LogP contribution in [-0.2, 0) is 11.8 Å². The first kappa shape index (κ1) is 9.21. The lowest BCUT2D eigenvalue weighted by atomic mass is 9.91. The smallest absolute Gasteiger partial charge is 0.308 e. The van der Waals surface area contributed by atoms with E-state index in [1.165, 1.54) is 0 Å². The van der Waals surface area contributed by atoms with E-state index in [4.69, 9.17) is 5.11 Å². The number of carbonyl (C=O) groups is 1. The third-order valence-corrected chi connectivity index (χ3v) is 2.68. The molecule has 1 aromatic heterocycles. The lowest BCUT2D eigenvalue weighted by Crippen LogP contribution is -2.20. The van der Waals surface area contributed by atoms with E-state index in [-0.39, 0.29) is 11.8 Å². The largest absolute Gasteiger partial charge is 0.481 e. The highest BCUT2D eigenvalue weighted by molar-refractivity contribution is 5.72. The van der Waals surface area contributed by atoms with Crippen molar-refractivity contribution in [3.63, 3.8) is 0 Å². The van der Waals surface area contributed by atoms with Gasteiger partial charge in [0, 0.05) is 32.3 Å². The molecule has 1 fully saturated rings. The van der Waals surface area contributed by atoms with E-state index in [0.717, 1.165) is 12.1 Å². The van der Waals surface area contributed by atoms with Crippen LogP contribution in [0.3, 0.4) is 0 Å². The number of nitrogens with zero attached hydrogens (tertiary/aromatic N) is 2. The third kappa shape index (κ3) is 1.50. The summed E-state index contributed by atoms with van der Waals surface area (Å²) in [6.07, 6.45) is 3.63. The molecule has 2 rings (SSSR count). The van der Waals surface area contributed by atoms with Gasteiger partial charge in [0.1, 0.15) is 0 Å². The Morgan fingerprint density at radius 2 is 2.50 bits per heavy atom. The molecule has 2 N–H and O–H groups in total. The van der Waals surface area contributed by atoms with Gasteiger partial charge in [0.15, 0.2) is 0 Å². The van der Waals surface area contributed by atoms with Gasteiger partial charge in [-0.05, 0) is 5.56 Å². The first-order valence-corrected chi connectivity index (χ1v) is 4.60. The fraction of sp³-hybridized carbons (Fsp3) is 0.556. The molecule has 0 unspecified atom stereocenters. The Morgan fingerprint density at radius 3 is 3.07 bits per heavy atom. The maximum atomic E-state index is 10.9. The van der Waals surface area contributed by atoms with Crippen LogP contribution in [0.2, 0.25) is 0 Å². The van der Waals surface area contributed by atoms with Crippen LogP contribution in [0.1, 0.15) is 11.5 Å². The fourth-order valence-electron chi connectivity index (χ4n) is 1.92. The number of carboxylic acids is 1. The van der Waals surface area contributed by atoms with E-state index < -0.39 is 5.97 Å². The average molecular weight is 195 g/mol. The Morgan fingerprint density at radius 1 is 1.71 bits per heavy atom. The SMILES string of the molecule is Cn1cc([C@H]2CNC[C@@H]2C(=O)O)cn1. The summed E-state index contributed by atoms with van der Waals surface area (Å²) >= 11 is 0. The van der Waals surface area contributed by atoms with Crippen molar-refractivity contribution >= 4 is 5.97 Å². The quantitative estimate of drug-likeness (QED) is 0.686. The van der Waals surface area contributed by atoms with Crippen LogP contribution < -0.4 is 5.32 Å². The molecule has 2 heterocycles. The first-order valence-electron chi connectivity index (χ1n) is 4.60. The minimum Gasteiger partial charge on any atom is -0.481 e. The van der Waals surface area contributed by atoms with Crippen LogP contribution in [0, 0.1) is 5.92 Å². The molecule has 1 saturated heterocycles. The van der Waals surface area contributed by atoms with Crippen molar-refractivity contribution in [1.29, 1.82) is 0 Å². The van der Waals surface area contributed by atoms with Crippen molar-refractivity contribution in [2.45, 2.75) is 5.92 Å². The monoisotopic (exact) mass is 195 g/mol. The predicted molar refractivity (Wildman–Crippen MR) is 49.9 cm³/mol. The molecule has 76 valence electrons. The number of aryl methyl sites for hydroxylation is 1. The maximum Gasteiger partial charge on any atom is 0.308 e. The van der Waals surface area contributed by atoms with Gasteiger partial charge in [-0.1, -0.05) is 0 Å². The topological polar surface area (TPSA) is 67.2 Å². The summed E-state index contributed by atoms with van der Waals surface area (Å²) < 4.78 is 1.70. The van der Waals surface area contributed by atoms with Crippen LogP contribution in [0.4, 0.5) is 0 Å². The molecule has 0 aromatic carbocycles. The van der Waals surface area contributed by atoms with Crippen LogP contribution in [-0.4, -0.2) is 33.9 Å². The minimum atomic E-state index is -0.733. The van der Waals surface area contributed by atoms with Gasteiger partial charge in [-0.25, -0.2) is 0 Å². The molecule has 0 amide bonds. The zero-order valence-electron chi connectivity index (χ0n) is 7.97. The van der Waals surface area contributed by atoms with Crippen LogP contribution >= 0.6 is 0 Å². The molecule has 0 spiro atoms. The van der Waals surface area contributed by atoms with Gasteiger partial charge in [-0.3, -0.25) is 9.48 Å². The molecule has 5 nitrogen and oxygen atoms in total. The summed E-state index contributed by atoms with van der Waals surface area (Å²) in [6, 6.07) is 0. The van der Waals surface area contributed by atoms with Gasteiger partial charge in [0.2, 0.25) is 0 Å². The highest BCUT2D eigenvalue weighted by Crippen LogP contribution is 2.27. The van der Waals surface area contributed by atoms with E-state index in [0.29, 0.717) is 6.54 Å². The van der Waals surface area contributed by atoms with Crippen molar-refractivity contribution in [1.82, 2.24) is 15.1 Å². The zero-order chi connectivity index (χ0) is 10.1. The van der Waals surface area contributed by atoms with E-state index >= 15 is 0 Å². The molecule has 0 saturated carbocycles. The molecule has 5 heteroatoms. The van der Waals surface area contributed by atoms with Gasteiger partial charge < -0.3 is 10.4 Å². The molecule has 2 atom stereocenters. The Hall–Kier alpha value is -1.36. The van der Waals surface area contributed by atoms with Crippen LogP contribution in [0.25, 0.3) is 0 Å². The molecule has 0 radical (unpaired) electrons. The Bertz CT molecular complexity index is 348. The summed E-state index contributed by atoms with van der Waals surface area (Å²) in [5.41, 5.74) is 1.00. The lowest BCUT2D eigenvalue weighted by molar-refractivity contribution is -0.141. The Labute approximate surface area is 81.7 Å². The summed E-state index contributed by atoms with van der Waals surface area (Å²) in [7, 11) is 1.83. The molecule has 14 heavy (non-hydrogen) atoms. The summed E-state index contributed by atoms with van der Waals surface area (Å²) in [6.45, 7) is 1.28. The molecule has 0 bridgehead atoms. The van der Waals surface area contributed by atoms with Gasteiger partial charge >= 0.3 is 5.97 Å². The highest BCUT2D eigenvalue weighted by Gasteiger charge is 2.34. The normalized spacial score (nSPS) is 26.6. The lowest BCUT2D eigenvalue weighted by Gasteiger charge is -2.11. The zero-order valence-corrected chi connectivity index (χ0v) is 7.97. The molecule has 0 aliphatic carbocycles. The number of rotatable bonds is 2. The number of aromatic nitrogens is 2. The summed E-state index contributed by atoms with van der Waals surface area (Å²) in [4.78, 5) is 10.9. The van der Waals surface area contributed by atoms with E-state index in [2.05, 4.69) is 10.4 Å². The number of aliphatic carboxylic acids is 1. The highest BCUT2D eigenvalue weighted by atomic mass is 16.4. The van der Waals surface area contributed by atoms with Crippen molar-refractivity contribution in [3.05, 3.63) is 18.0 Å². The van der Waals surface area contributed by atoms with Gasteiger partial charge in [-0.15, -0.1) is 0 Å². The predicted octanol–water partition coefficient (Wildman–Crippen LogP) is -0.192. The minimum absolute atomic E-state index is 0.0567. The molecule has 1 aliphatic rings. The summed E-state index contributed by atoms with van der Waals surface area (Å²) in [5, 5.41) is 16.1. The van der Waals surface area contributed by atoms with Crippen molar-refractivity contribution in [3.8, 4) is 0 Å². The number of nitrogens with one attached hydrogen (secondary N) is 1. The van der Waals surface area contributed by atoms with E-state index in [9.17, 15) is 4.79 Å². The van der Waals surface area contributed by atoms with E-state index in [1.54, 1.807) is 10.9 Å². The standard InChI is InChI=1S/C9H13N3O2/c1-12-5-6(2-11-12)7-3-10-4-8(7)9(13)14/h2,5,7-8,10H,3-4H2,1H3,(H,13,14)/t7-,8+/m1/s1. The van der Waals surface area contributed by atoms with E-state index in [1.807, 2.05) is 13.2 Å². The number of carboxylic acid groups (broad SMARTS) is 1. The number of hydrogen-bond donors (Lipinski definition) is 2. The third-order valence-electron chi connectivity index (χ3n) is 2.68. The van der Waals surface area contributed by atoms with Crippen molar-refractivity contribution < 1.29 is 9.90 Å². The molecular weight excluding hydrogens is 182 g/mol. The maximum absolute atomic E-state index is 10.9. The van der Waals surface area contributed by atoms with Gasteiger partial charge in [0.25, 0.3) is 0 Å². The van der Waals surface area contributed by atoms with Crippen LogP contribution in [0.15, 0.2) is 12.4 Å². The average Bonchev–Trinajstić information content (AvgIpc) is 2.70. The van der Waals surface area contributed by atoms with Crippen molar-refractivity contribution in [2.24, 2.45) is 13.0 Å². The fourth-order valence-corrected chi connectivity index (χ4v) is 1.92. The summed E-state index contributed by atoms with van der Waals surface area (Å²) in [5.74, 6) is -0.996. The second kappa shape index (κ2) is 3.42. The molecule has 1 aliphatic heterocycles. The van der Waals surface area contributed by atoms with Crippen molar-refractivity contribution in [2.75, 3.05) is 13.1 Å². The Balaban J connectivity index is 2.21. The second-order valence-corrected chi connectivity index (χ2v) is 3.66. The molecule has 1 aromatic rings. The second-order valence-electron chi connectivity index (χ2n) is 3.66. The van der Waals surface area contributed by atoms with Gasteiger partial charge in [-0.2, -0.15) is 5.10 Å².